The summed E-state index contributed by atoms with van der Waals surface area (Å²) in [6.45, 7) is 8.70. The van der Waals surface area contributed by atoms with E-state index < -0.39 is 0 Å². The zero-order valence-electron chi connectivity index (χ0n) is 27.9. The van der Waals surface area contributed by atoms with Crippen LogP contribution in [0.15, 0.2) is 158 Å². The monoisotopic (exact) mass is 618 g/mol. The van der Waals surface area contributed by atoms with Gasteiger partial charge in [-0.3, -0.25) is 0 Å². The summed E-state index contributed by atoms with van der Waals surface area (Å²) in [6, 6.07) is 57.8. The molecule has 0 spiro atoms. The van der Waals surface area contributed by atoms with Gasteiger partial charge in [0.15, 0.2) is 0 Å². The molecular formula is C46H38N2. The number of rotatable bonds is 6. The predicted molar refractivity (Wildman–Crippen MR) is 207 cm³/mol. The van der Waals surface area contributed by atoms with E-state index in [2.05, 4.69) is 195 Å². The Kier molecular flexibility index (Phi) is 7.42. The van der Waals surface area contributed by atoms with E-state index in [-0.39, 0.29) is 0 Å². The van der Waals surface area contributed by atoms with Crippen molar-refractivity contribution in [2.75, 3.05) is 9.80 Å². The average Bonchev–Trinajstić information content (AvgIpc) is 3.12. The summed E-state index contributed by atoms with van der Waals surface area (Å²) in [5.41, 5.74) is 11.9. The van der Waals surface area contributed by atoms with Gasteiger partial charge in [0.2, 0.25) is 0 Å². The third-order valence-electron chi connectivity index (χ3n) is 9.62. The molecule has 0 atom stereocenters. The fraction of sp³-hybridized carbons (Fsp3) is 0.0870. The summed E-state index contributed by atoms with van der Waals surface area (Å²) in [5, 5.41) is 7.37. The highest BCUT2D eigenvalue weighted by molar-refractivity contribution is 6.24. The van der Waals surface area contributed by atoms with Crippen LogP contribution in [-0.2, 0) is 0 Å². The van der Waals surface area contributed by atoms with Crippen LogP contribution in [-0.4, -0.2) is 0 Å². The van der Waals surface area contributed by atoms with Crippen LogP contribution in [0.3, 0.4) is 0 Å². The van der Waals surface area contributed by atoms with E-state index in [1.54, 1.807) is 0 Å². The lowest BCUT2D eigenvalue weighted by molar-refractivity contribution is 1.25. The topological polar surface area (TPSA) is 6.48 Å². The van der Waals surface area contributed by atoms with E-state index in [1.807, 2.05) is 0 Å². The van der Waals surface area contributed by atoms with Crippen molar-refractivity contribution in [2.24, 2.45) is 0 Å². The fourth-order valence-electron chi connectivity index (χ4n) is 7.11. The third-order valence-corrected chi connectivity index (χ3v) is 9.62. The number of hydrogen-bond donors (Lipinski definition) is 0. The van der Waals surface area contributed by atoms with Gasteiger partial charge in [0.25, 0.3) is 0 Å². The van der Waals surface area contributed by atoms with Gasteiger partial charge in [0.05, 0.1) is 11.4 Å². The molecule has 8 rings (SSSR count). The van der Waals surface area contributed by atoms with Crippen molar-refractivity contribution in [3.05, 3.63) is 180 Å². The molecule has 0 bridgehead atoms. The van der Waals surface area contributed by atoms with Crippen LogP contribution >= 0.6 is 0 Å². The second-order valence-electron chi connectivity index (χ2n) is 12.9. The number of aryl methyl sites for hydroxylation is 4. The Balaban J connectivity index is 1.48. The highest BCUT2D eigenvalue weighted by Crippen LogP contribution is 2.48. The maximum absolute atomic E-state index is 2.44. The largest absolute Gasteiger partial charge is 0.310 e. The van der Waals surface area contributed by atoms with Crippen LogP contribution in [0.4, 0.5) is 34.1 Å². The number of benzene rings is 8. The molecule has 0 unspecified atom stereocenters. The highest BCUT2D eigenvalue weighted by Gasteiger charge is 2.23. The van der Waals surface area contributed by atoms with Crippen LogP contribution < -0.4 is 9.80 Å². The smallest absolute Gasteiger partial charge is 0.0546 e. The molecule has 0 fully saturated rings. The number of hydrogen-bond acceptors (Lipinski definition) is 2. The maximum atomic E-state index is 2.44. The van der Waals surface area contributed by atoms with Crippen LogP contribution in [0.1, 0.15) is 22.3 Å². The molecule has 0 saturated carbocycles. The standard InChI is InChI=1S/C46H38N2/c1-31-21-25-35(26-22-31)47(43-19-11-5-13-33(43)3)45-29-41-38-16-8-10-18-40(38)46(30-42(41)37-15-7-9-17-39(37)45)48(36-27-23-32(2)24-28-36)44-20-12-6-14-34(44)4/h5-30H,1-4H3. The van der Waals surface area contributed by atoms with Crippen molar-refractivity contribution in [2.45, 2.75) is 27.7 Å². The second-order valence-corrected chi connectivity index (χ2v) is 12.9. The van der Waals surface area contributed by atoms with Gasteiger partial charge < -0.3 is 9.80 Å². The van der Waals surface area contributed by atoms with Crippen LogP contribution in [0.2, 0.25) is 0 Å². The van der Waals surface area contributed by atoms with Crippen molar-refractivity contribution >= 4 is 66.4 Å². The zero-order valence-corrected chi connectivity index (χ0v) is 27.9. The van der Waals surface area contributed by atoms with E-state index in [1.165, 1.54) is 77.3 Å². The van der Waals surface area contributed by atoms with Gasteiger partial charge in [-0.1, -0.05) is 120 Å². The number of anilines is 6. The lowest BCUT2D eigenvalue weighted by Gasteiger charge is -2.31. The first kappa shape index (κ1) is 29.5. The van der Waals surface area contributed by atoms with E-state index in [4.69, 9.17) is 0 Å². The molecule has 0 radical (unpaired) electrons. The van der Waals surface area contributed by atoms with Crippen molar-refractivity contribution in [3.8, 4) is 0 Å². The molecule has 2 nitrogen and oxygen atoms in total. The van der Waals surface area contributed by atoms with Crippen LogP contribution in [0.25, 0.3) is 32.3 Å². The van der Waals surface area contributed by atoms with Crippen molar-refractivity contribution < 1.29 is 0 Å². The van der Waals surface area contributed by atoms with Gasteiger partial charge in [-0.2, -0.15) is 0 Å². The number of fused-ring (bicyclic) bond motifs is 5. The number of para-hydroxylation sites is 2. The van der Waals surface area contributed by atoms with Crippen LogP contribution in [0.5, 0.6) is 0 Å². The zero-order chi connectivity index (χ0) is 32.8. The second kappa shape index (κ2) is 12.1. The predicted octanol–water partition coefficient (Wildman–Crippen LogP) is 13.3. The molecule has 0 aliphatic heterocycles. The Labute approximate surface area is 283 Å². The van der Waals surface area contributed by atoms with Gasteiger partial charge in [-0.15, -0.1) is 0 Å². The van der Waals surface area contributed by atoms with Gasteiger partial charge >= 0.3 is 0 Å². The molecule has 8 aromatic rings. The summed E-state index contributed by atoms with van der Waals surface area (Å²) in [7, 11) is 0. The Morgan fingerprint density at radius 1 is 0.292 bits per heavy atom. The lowest BCUT2D eigenvalue weighted by atomic mass is 9.93. The summed E-state index contributed by atoms with van der Waals surface area (Å²) < 4.78 is 0. The summed E-state index contributed by atoms with van der Waals surface area (Å²) in [6.07, 6.45) is 0. The molecule has 0 amide bonds. The van der Waals surface area contributed by atoms with Crippen molar-refractivity contribution in [1.82, 2.24) is 0 Å². The van der Waals surface area contributed by atoms with Gasteiger partial charge in [-0.25, -0.2) is 0 Å². The first-order valence-electron chi connectivity index (χ1n) is 16.7. The van der Waals surface area contributed by atoms with Gasteiger partial charge in [-0.05, 0) is 109 Å². The molecule has 232 valence electrons. The van der Waals surface area contributed by atoms with Gasteiger partial charge in [0, 0.05) is 33.5 Å². The van der Waals surface area contributed by atoms with E-state index >= 15 is 0 Å². The Morgan fingerprint density at radius 2 is 0.625 bits per heavy atom. The quantitative estimate of drug-likeness (QED) is 0.171. The first-order chi connectivity index (χ1) is 23.5. The summed E-state index contributed by atoms with van der Waals surface area (Å²) >= 11 is 0. The summed E-state index contributed by atoms with van der Waals surface area (Å²) in [5.74, 6) is 0. The third kappa shape index (κ3) is 5.07. The Bertz CT molecular complexity index is 2260. The van der Waals surface area contributed by atoms with Crippen molar-refractivity contribution in [1.29, 1.82) is 0 Å². The van der Waals surface area contributed by atoms with Crippen molar-refractivity contribution in [3.63, 3.8) is 0 Å². The van der Waals surface area contributed by atoms with E-state index in [0.717, 1.165) is 11.4 Å². The molecule has 0 aliphatic rings. The minimum Gasteiger partial charge on any atom is -0.310 e. The van der Waals surface area contributed by atoms with Gasteiger partial charge in [0.1, 0.15) is 0 Å². The van der Waals surface area contributed by atoms with Crippen LogP contribution in [0, 0.1) is 27.7 Å². The Morgan fingerprint density at radius 3 is 1.00 bits per heavy atom. The molecule has 0 saturated heterocycles. The SMILES string of the molecule is Cc1ccc(N(c2ccccc2C)c2cc3c4ccccc4c(N(c4ccc(C)cc4)c4ccccc4C)cc3c3ccccc23)cc1. The first-order valence-corrected chi connectivity index (χ1v) is 16.7. The minimum atomic E-state index is 1.14. The molecule has 0 aliphatic carbocycles. The Hall–Kier alpha value is -5.86. The normalized spacial score (nSPS) is 11.3. The lowest BCUT2D eigenvalue weighted by Crippen LogP contribution is -2.13. The number of nitrogens with zero attached hydrogens (tertiary/aromatic N) is 2. The molecule has 8 aromatic carbocycles. The molecule has 48 heavy (non-hydrogen) atoms. The molecular weight excluding hydrogens is 581 g/mol. The molecule has 0 aromatic heterocycles. The molecule has 0 N–H and O–H groups in total. The maximum Gasteiger partial charge on any atom is 0.0546 e. The molecule has 0 heterocycles. The van der Waals surface area contributed by atoms with E-state index in [9.17, 15) is 0 Å². The highest BCUT2D eigenvalue weighted by atomic mass is 15.2. The summed E-state index contributed by atoms with van der Waals surface area (Å²) in [4.78, 5) is 4.87. The molecule has 2 heteroatoms. The fourth-order valence-corrected chi connectivity index (χ4v) is 7.11. The minimum absolute atomic E-state index is 1.14. The average molecular weight is 619 g/mol. The van der Waals surface area contributed by atoms with E-state index in [0.29, 0.717) is 0 Å².